The van der Waals surface area contributed by atoms with E-state index >= 15 is 0 Å². The maximum absolute atomic E-state index is 12.7. The van der Waals surface area contributed by atoms with E-state index in [4.69, 9.17) is 9.78 Å². The number of rotatable bonds is 5. The molecule has 0 saturated carbocycles. The van der Waals surface area contributed by atoms with Crippen LogP contribution in [0, 0.1) is 23.7 Å². The number of anilines is 2. The van der Waals surface area contributed by atoms with Gasteiger partial charge in [0.05, 0.1) is 6.54 Å². The van der Waals surface area contributed by atoms with Gasteiger partial charge in [0.15, 0.2) is 5.82 Å². The minimum absolute atomic E-state index is 0.0202. The monoisotopic (exact) mass is 328 g/mol. The molecule has 2 aromatic rings. The molecule has 8 heteroatoms. The third-order valence-corrected chi connectivity index (χ3v) is 3.00. The van der Waals surface area contributed by atoms with E-state index in [2.05, 4.69) is 41.2 Å². The lowest BCUT2D eigenvalue weighted by atomic mass is 9.97. The Balaban J connectivity index is 2.26. The van der Waals surface area contributed by atoms with Gasteiger partial charge in [-0.05, 0) is 18.4 Å². The molecule has 24 heavy (non-hydrogen) atoms. The first-order valence-electron chi connectivity index (χ1n) is 7.50. The molecule has 0 radical (unpaired) electrons. The van der Waals surface area contributed by atoms with E-state index in [1.807, 2.05) is 6.07 Å². The van der Waals surface area contributed by atoms with E-state index in [-0.39, 0.29) is 29.5 Å². The average Bonchev–Trinajstić information content (AvgIpc) is 2.92. The van der Waals surface area contributed by atoms with Crippen molar-refractivity contribution in [3.05, 3.63) is 29.9 Å². The summed E-state index contributed by atoms with van der Waals surface area (Å²) in [6.45, 7) is 8.75. The summed E-state index contributed by atoms with van der Waals surface area (Å²) in [5, 5.41) is 16.0. The zero-order valence-corrected chi connectivity index (χ0v) is 14.2. The highest BCUT2D eigenvalue weighted by atomic mass is 16.5. The van der Waals surface area contributed by atoms with Crippen molar-refractivity contribution < 1.29 is 9.32 Å². The van der Waals surface area contributed by atoms with Crippen LogP contribution < -0.4 is 10.2 Å². The highest BCUT2D eigenvalue weighted by Gasteiger charge is 2.23. The molecular formula is C16H20N6O2. The van der Waals surface area contributed by atoms with Crippen molar-refractivity contribution in [2.45, 2.75) is 27.7 Å². The second kappa shape index (κ2) is 7.19. The minimum Gasteiger partial charge on any atom is -0.360 e. The van der Waals surface area contributed by atoms with Gasteiger partial charge in [-0.2, -0.15) is 5.26 Å². The first-order valence-corrected chi connectivity index (χ1v) is 7.50. The first kappa shape index (κ1) is 17.6. The standard InChI is InChI=1S/C16H20N6O2/c1-11-7-14(21-24-11)22(13-5-6-19-12(8-17)20-13)15(23)9-18-10-16(2,3)4/h5-7,18H,9-10H2,1-4H3. The van der Waals surface area contributed by atoms with Crippen LogP contribution in [0.4, 0.5) is 11.6 Å². The fraction of sp³-hybridized carbons (Fsp3) is 0.438. The van der Waals surface area contributed by atoms with E-state index < -0.39 is 0 Å². The van der Waals surface area contributed by atoms with Crippen LogP contribution in [0.3, 0.4) is 0 Å². The van der Waals surface area contributed by atoms with E-state index in [0.29, 0.717) is 18.1 Å². The van der Waals surface area contributed by atoms with Crippen LogP contribution in [0.1, 0.15) is 32.4 Å². The molecule has 0 aromatic carbocycles. The normalized spacial score (nSPS) is 11.1. The molecule has 1 amide bonds. The van der Waals surface area contributed by atoms with Gasteiger partial charge >= 0.3 is 0 Å². The lowest BCUT2D eigenvalue weighted by molar-refractivity contribution is -0.117. The number of hydrogen-bond donors (Lipinski definition) is 1. The zero-order chi connectivity index (χ0) is 17.7. The lowest BCUT2D eigenvalue weighted by Crippen LogP contribution is -2.38. The van der Waals surface area contributed by atoms with E-state index in [0.717, 1.165) is 0 Å². The van der Waals surface area contributed by atoms with Crippen molar-refractivity contribution in [2.24, 2.45) is 5.41 Å². The number of aromatic nitrogens is 3. The van der Waals surface area contributed by atoms with Gasteiger partial charge < -0.3 is 9.84 Å². The molecule has 0 aliphatic carbocycles. The Hall–Kier alpha value is -2.79. The van der Waals surface area contributed by atoms with E-state index in [9.17, 15) is 4.79 Å². The Kier molecular flexibility index (Phi) is 5.26. The van der Waals surface area contributed by atoms with Gasteiger partial charge in [-0.15, -0.1) is 0 Å². The van der Waals surface area contributed by atoms with Crippen molar-refractivity contribution in [3.8, 4) is 6.07 Å². The van der Waals surface area contributed by atoms with Crippen molar-refractivity contribution in [2.75, 3.05) is 18.0 Å². The van der Waals surface area contributed by atoms with Crippen molar-refractivity contribution >= 4 is 17.5 Å². The maximum atomic E-state index is 12.7. The number of nitrogens with zero attached hydrogens (tertiary/aromatic N) is 5. The molecule has 0 spiro atoms. The Labute approximate surface area is 140 Å². The summed E-state index contributed by atoms with van der Waals surface area (Å²) in [6, 6.07) is 5.04. The molecule has 8 nitrogen and oxygen atoms in total. The fourth-order valence-corrected chi connectivity index (χ4v) is 1.98. The van der Waals surface area contributed by atoms with E-state index in [1.54, 1.807) is 19.1 Å². The predicted molar refractivity (Wildman–Crippen MR) is 87.5 cm³/mol. The molecule has 0 aliphatic heterocycles. The second-order valence-electron chi connectivity index (χ2n) is 6.54. The zero-order valence-electron chi connectivity index (χ0n) is 14.2. The fourth-order valence-electron chi connectivity index (χ4n) is 1.98. The van der Waals surface area contributed by atoms with Gasteiger partial charge in [0.2, 0.25) is 11.7 Å². The quantitative estimate of drug-likeness (QED) is 0.893. The molecule has 2 rings (SSSR count). The molecule has 0 bridgehead atoms. The SMILES string of the molecule is Cc1cc(N(C(=O)CNCC(C)(C)C)c2ccnc(C#N)n2)no1. The number of hydrogen-bond acceptors (Lipinski definition) is 7. The summed E-state index contributed by atoms with van der Waals surface area (Å²) < 4.78 is 5.06. The molecule has 0 unspecified atom stereocenters. The number of aryl methyl sites for hydroxylation is 1. The Morgan fingerprint density at radius 3 is 2.75 bits per heavy atom. The molecule has 1 N–H and O–H groups in total. The van der Waals surface area contributed by atoms with Gasteiger partial charge in [0.1, 0.15) is 17.6 Å². The average molecular weight is 328 g/mol. The van der Waals surface area contributed by atoms with Crippen LogP contribution in [0.25, 0.3) is 0 Å². The lowest BCUT2D eigenvalue weighted by Gasteiger charge is -2.22. The van der Waals surface area contributed by atoms with Gasteiger partial charge in [-0.25, -0.2) is 14.9 Å². The maximum Gasteiger partial charge on any atom is 0.247 e. The summed E-state index contributed by atoms with van der Waals surface area (Å²) in [5.74, 6) is 0.887. The molecule has 126 valence electrons. The molecule has 0 fully saturated rings. The summed E-state index contributed by atoms with van der Waals surface area (Å²) in [6.07, 6.45) is 1.43. The van der Waals surface area contributed by atoms with Crippen LogP contribution in [0.15, 0.2) is 22.9 Å². The highest BCUT2D eigenvalue weighted by Crippen LogP contribution is 2.23. The molecule has 0 saturated heterocycles. The molecule has 2 heterocycles. The molecule has 0 aliphatic rings. The Morgan fingerprint density at radius 1 is 1.42 bits per heavy atom. The van der Waals surface area contributed by atoms with Gasteiger partial charge in [-0.3, -0.25) is 4.79 Å². The summed E-state index contributed by atoms with van der Waals surface area (Å²) in [7, 11) is 0. The third-order valence-electron chi connectivity index (χ3n) is 3.00. The summed E-state index contributed by atoms with van der Waals surface area (Å²) in [4.78, 5) is 21.9. The Morgan fingerprint density at radius 2 is 2.17 bits per heavy atom. The van der Waals surface area contributed by atoms with Gasteiger partial charge in [-0.1, -0.05) is 25.9 Å². The number of nitrogens with one attached hydrogen (secondary N) is 1. The smallest absolute Gasteiger partial charge is 0.247 e. The van der Waals surface area contributed by atoms with Crippen molar-refractivity contribution in [1.82, 2.24) is 20.4 Å². The second-order valence-corrected chi connectivity index (χ2v) is 6.54. The van der Waals surface area contributed by atoms with Gasteiger partial charge in [0, 0.05) is 18.8 Å². The van der Waals surface area contributed by atoms with Crippen molar-refractivity contribution in [3.63, 3.8) is 0 Å². The minimum atomic E-state index is -0.255. The van der Waals surface area contributed by atoms with Crippen LogP contribution in [-0.2, 0) is 4.79 Å². The van der Waals surface area contributed by atoms with Crippen LogP contribution in [0.5, 0.6) is 0 Å². The molecule has 0 atom stereocenters. The predicted octanol–water partition coefficient (Wildman–Crippen LogP) is 1.95. The molecular weight excluding hydrogens is 308 g/mol. The topological polar surface area (TPSA) is 108 Å². The first-order chi connectivity index (χ1) is 11.3. The van der Waals surface area contributed by atoms with Crippen molar-refractivity contribution in [1.29, 1.82) is 5.26 Å². The number of carbonyl (C=O) groups is 1. The number of nitriles is 1. The Bertz CT molecular complexity index is 756. The molecule has 2 aromatic heterocycles. The van der Waals surface area contributed by atoms with Gasteiger partial charge in [0.25, 0.3) is 0 Å². The highest BCUT2D eigenvalue weighted by molar-refractivity contribution is 5.99. The largest absolute Gasteiger partial charge is 0.360 e. The van der Waals surface area contributed by atoms with Crippen LogP contribution in [0.2, 0.25) is 0 Å². The third kappa shape index (κ3) is 4.60. The van der Waals surface area contributed by atoms with Crippen LogP contribution in [-0.4, -0.2) is 34.1 Å². The summed E-state index contributed by atoms with van der Waals surface area (Å²) >= 11 is 0. The number of carbonyl (C=O) groups excluding carboxylic acids is 1. The van der Waals surface area contributed by atoms with Crippen LogP contribution >= 0.6 is 0 Å². The summed E-state index contributed by atoms with van der Waals surface area (Å²) in [5.41, 5.74) is 0.0541. The van der Waals surface area contributed by atoms with E-state index in [1.165, 1.54) is 11.1 Å². The number of amides is 1.